The standard InChI is InChI=1S/C14H19N3O2S/c1-9(2)16-5-3-12(14(16)19)17-13(18)7-10-8-20-6-4-11(10)15-17/h7,9,12H,3-6,8H2,1-2H3. The molecule has 1 fully saturated rings. The maximum Gasteiger partial charge on any atom is 0.267 e. The molecule has 20 heavy (non-hydrogen) atoms. The van der Waals surface area contributed by atoms with Gasteiger partial charge in [-0.3, -0.25) is 9.59 Å². The van der Waals surface area contributed by atoms with E-state index >= 15 is 0 Å². The number of nitrogens with zero attached hydrogens (tertiary/aromatic N) is 3. The van der Waals surface area contributed by atoms with Gasteiger partial charge in [0.25, 0.3) is 5.56 Å². The molecule has 1 amide bonds. The fourth-order valence-electron chi connectivity index (χ4n) is 2.88. The Morgan fingerprint density at radius 3 is 2.90 bits per heavy atom. The Labute approximate surface area is 122 Å². The minimum absolute atomic E-state index is 0.0275. The van der Waals surface area contributed by atoms with Crippen LogP contribution in [0.3, 0.4) is 0 Å². The summed E-state index contributed by atoms with van der Waals surface area (Å²) < 4.78 is 1.42. The van der Waals surface area contributed by atoms with Gasteiger partial charge in [-0.05, 0) is 31.6 Å². The first-order valence-corrected chi connectivity index (χ1v) is 8.23. The van der Waals surface area contributed by atoms with Crippen molar-refractivity contribution in [1.82, 2.24) is 14.7 Å². The quantitative estimate of drug-likeness (QED) is 0.822. The van der Waals surface area contributed by atoms with Crippen molar-refractivity contribution in [2.45, 2.75) is 44.5 Å². The number of rotatable bonds is 2. The van der Waals surface area contributed by atoms with E-state index in [4.69, 9.17) is 0 Å². The molecule has 2 aliphatic rings. The lowest BCUT2D eigenvalue weighted by Gasteiger charge is -2.22. The minimum atomic E-state index is -0.412. The number of fused-ring (bicyclic) bond motifs is 1. The van der Waals surface area contributed by atoms with E-state index in [-0.39, 0.29) is 17.5 Å². The smallest absolute Gasteiger partial charge is 0.267 e. The average molecular weight is 293 g/mol. The van der Waals surface area contributed by atoms with Gasteiger partial charge < -0.3 is 4.90 Å². The third kappa shape index (κ3) is 2.26. The highest BCUT2D eigenvalue weighted by molar-refractivity contribution is 7.98. The van der Waals surface area contributed by atoms with E-state index in [9.17, 15) is 9.59 Å². The molecule has 5 nitrogen and oxygen atoms in total. The van der Waals surface area contributed by atoms with Crippen LogP contribution in [-0.4, -0.2) is 38.9 Å². The van der Waals surface area contributed by atoms with Gasteiger partial charge in [0.1, 0.15) is 6.04 Å². The lowest BCUT2D eigenvalue weighted by atomic mass is 10.2. The lowest BCUT2D eigenvalue weighted by Crippen LogP contribution is -2.37. The van der Waals surface area contributed by atoms with Gasteiger partial charge in [-0.2, -0.15) is 16.9 Å². The highest BCUT2D eigenvalue weighted by Crippen LogP contribution is 2.25. The molecule has 3 rings (SSSR count). The summed E-state index contributed by atoms with van der Waals surface area (Å²) in [5.74, 6) is 1.92. The number of carbonyl (C=O) groups excluding carboxylic acids is 1. The van der Waals surface area contributed by atoms with Crippen LogP contribution in [0.15, 0.2) is 10.9 Å². The van der Waals surface area contributed by atoms with Crippen LogP contribution in [0.1, 0.15) is 37.6 Å². The van der Waals surface area contributed by atoms with Crippen molar-refractivity contribution in [3.05, 3.63) is 27.7 Å². The van der Waals surface area contributed by atoms with Crippen LogP contribution in [0.2, 0.25) is 0 Å². The first-order valence-electron chi connectivity index (χ1n) is 7.08. The van der Waals surface area contributed by atoms with Crippen LogP contribution < -0.4 is 5.56 Å². The van der Waals surface area contributed by atoms with Gasteiger partial charge in [0.15, 0.2) is 0 Å². The van der Waals surface area contributed by atoms with E-state index in [2.05, 4.69) is 5.10 Å². The van der Waals surface area contributed by atoms with E-state index in [1.165, 1.54) is 4.68 Å². The van der Waals surface area contributed by atoms with Crippen LogP contribution in [0.25, 0.3) is 0 Å². The van der Waals surface area contributed by atoms with Crippen LogP contribution in [0, 0.1) is 0 Å². The van der Waals surface area contributed by atoms with E-state index in [1.807, 2.05) is 30.5 Å². The van der Waals surface area contributed by atoms with Crippen LogP contribution in [0.5, 0.6) is 0 Å². The molecule has 1 unspecified atom stereocenters. The van der Waals surface area contributed by atoms with Crippen molar-refractivity contribution in [3.63, 3.8) is 0 Å². The summed E-state index contributed by atoms with van der Waals surface area (Å²) in [6.45, 7) is 4.71. The first kappa shape index (κ1) is 13.7. The van der Waals surface area contributed by atoms with Crippen molar-refractivity contribution >= 4 is 17.7 Å². The summed E-state index contributed by atoms with van der Waals surface area (Å²) in [7, 11) is 0. The maximum absolute atomic E-state index is 12.4. The predicted molar refractivity (Wildman–Crippen MR) is 78.9 cm³/mol. The molecule has 1 atom stereocenters. The zero-order valence-electron chi connectivity index (χ0n) is 11.8. The summed E-state index contributed by atoms with van der Waals surface area (Å²) in [6, 6.07) is 1.43. The summed E-state index contributed by atoms with van der Waals surface area (Å²) in [5, 5.41) is 4.48. The molecular weight excluding hydrogens is 274 g/mol. The Hall–Kier alpha value is -1.30. The maximum atomic E-state index is 12.4. The molecule has 3 heterocycles. The zero-order chi connectivity index (χ0) is 14.3. The molecular formula is C14H19N3O2S. The predicted octanol–water partition coefficient (Wildman–Crippen LogP) is 1.21. The molecule has 0 N–H and O–H groups in total. The van der Waals surface area contributed by atoms with Crippen molar-refractivity contribution in [2.75, 3.05) is 12.3 Å². The lowest BCUT2D eigenvalue weighted by molar-refractivity contribution is -0.132. The van der Waals surface area contributed by atoms with Crippen molar-refractivity contribution in [3.8, 4) is 0 Å². The van der Waals surface area contributed by atoms with Gasteiger partial charge in [-0.15, -0.1) is 0 Å². The number of hydrogen-bond acceptors (Lipinski definition) is 4. The number of aromatic nitrogens is 2. The topological polar surface area (TPSA) is 55.2 Å². The largest absolute Gasteiger partial charge is 0.338 e. The second-order valence-electron chi connectivity index (χ2n) is 5.63. The molecule has 0 bridgehead atoms. The normalized spacial score (nSPS) is 22.4. The van der Waals surface area contributed by atoms with Gasteiger partial charge in [0.2, 0.25) is 5.91 Å². The van der Waals surface area contributed by atoms with Crippen LogP contribution in [-0.2, 0) is 17.0 Å². The minimum Gasteiger partial charge on any atom is -0.338 e. The first-order chi connectivity index (χ1) is 9.58. The fraction of sp³-hybridized carbons (Fsp3) is 0.643. The highest BCUT2D eigenvalue weighted by Gasteiger charge is 2.35. The number of amides is 1. The molecule has 6 heteroatoms. The van der Waals surface area contributed by atoms with Gasteiger partial charge in [0.05, 0.1) is 5.69 Å². The number of aryl methyl sites for hydroxylation is 1. The van der Waals surface area contributed by atoms with E-state index in [1.54, 1.807) is 6.07 Å². The molecule has 0 saturated carbocycles. The summed E-state index contributed by atoms with van der Waals surface area (Å²) in [5.41, 5.74) is 1.88. The Bertz CT molecular complexity index is 597. The van der Waals surface area contributed by atoms with Crippen LogP contribution in [0.4, 0.5) is 0 Å². The Morgan fingerprint density at radius 2 is 2.20 bits per heavy atom. The number of carbonyl (C=O) groups is 1. The molecule has 0 spiro atoms. The zero-order valence-corrected chi connectivity index (χ0v) is 12.7. The molecule has 0 aliphatic carbocycles. The Morgan fingerprint density at radius 1 is 1.40 bits per heavy atom. The average Bonchev–Trinajstić information content (AvgIpc) is 2.80. The Balaban J connectivity index is 1.95. The van der Waals surface area contributed by atoms with Crippen molar-refractivity contribution < 1.29 is 4.79 Å². The van der Waals surface area contributed by atoms with E-state index in [0.29, 0.717) is 13.0 Å². The monoisotopic (exact) mass is 293 g/mol. The Kier molecular flexibility index (Phi) is 3.58. The summed E-state index contributed by atoms with van der Waals surface area (Å²) >= 11 is 1.83. The number of likely N-dealkylation sites (tertiary alicyclic amines) is 1. The number of hydrogen-bond donors (Lipinski definition) is 0. The molecule has 108 valence electrons. The third-order valence-electron chi connectivity index (χ3n) is 3.99. The van der Waals surface area contributed by atoms with Gasteiger partial charge in [0, 0.05) is 30.8 Å². The third-order valence-corrected chi connectivity index (χ3v) is 5.00. The molecule has 1 aromatic rings. The molecule has 2 aliphatic heterocycles. The molecule has 0 radical (unpaired) electrons. The van der Waals surface area contributed by atoms with Crippen molar-refractivity contribution in [1.29, 1.82) is 0 Å². The van der Waals surface area contributed by atoms with Gasteiger partial charge in [-0.25, -0.2) is 4.68 Å². The van der Waals surface area contributed by atoms with Gasteiger partial charge in [-0.1, -0.05) is 0 Å². The molecule has 0 aromatic carbocycles. The second-order valence-corrected chi connectivity index (χ2v) is 6.74. The van der Waals surface area contributed by atoms with E-state index in [0.717, 1.165) is 29.2 Å². The van der Waals surface area contributed by atoms with Crippen molar-refractivity contribution in [2.24, 2.45) is 0 Å². The SMILES string of the molecule is CC(C)N1CCC(n2nc3c(cc2=O)CSCC3)C1=O. The second kappa shape index (κ2) is 5.24. The summed E-state index contributed by atoms with van der Waals surface area (Å²) in [4.78, 5) is 26.4. The van der Waals surface area contributed by atoms with Gasteiger partial charge >= 0.3 is 0 Å². The van der Waals surface area contributed by atoms with E-state index < -0.39 is 6.04 Å². The summed E-state index contributed by atoms with van der Waals surface area (Å²) in [6.07, 6.45) is 1.56. The molecule has 1 saturated heterocycles. The van der Waals surface area contributed by atoms with Crippen LogP contribution >= 0.6 is 11.8 Å². The number of thioether (sulfide) groups is 1. The highest BCUT2D eigenvalue weighted by atomic mass is 32.2. The molecule has 1 aromatic heterocycles. The fourth-order valence-corrected chi connectivity index (χ4v) is 3.83.